The molecular weight excluding hydrogens is 472 g/mol. The maximum absolute atomic E-state index is 13.7. The largest absolute Gasteiger partial charge is 0.472 e. The van der Waals surface area contributed by atoms with Gasteiger partial charge in [0.2, 0.25) is 17.7 Å². The smallest absolute Gasteiger partial charge is 0.413 e. The normalized spacial score (nSPS) is 18.3. The highest BCUT2D eigenvalue weighted by molar-refractivity contribution is 5.92. The predicted octanol–water partition coefficient (Wildman–Crippen LogP) is 3.58. The Hall–Kier alpha value is -4.14. The van der Waals surface area contributed by atoms with Gasteiger partial charge in [-0.25, -0.2) is 9.78 Å². The van der Waals surface area contributed by atoms with Gasteiger partial charge in [-0.15, -0.1) is 0 Å². The van der Waals surface area contributed by atoms with Crippen LogP contribution >= 0.6 is 0 Å². The molecule has 1 saturated heterocycles. The van der Waals surface area contributed by atoms with E-state index in [-0.39, 0.29) is 13.0 Å². The molecule has 4 rings (SSSR count). The maximum Gasteiger partial charge on any atom is 0.413 e. The van der Waals surface area contributed by atoms with Crippen LogP contribution in [0, 0.1) is 12.3 Å². The molecule has 0 spiro atoms. The zero-order chi connectivity index (χ0) is 26.7. The van der Waals surface area contributed by atoms with Gasteiger partial charge in [-0.1, -0.05) is 56.7 Å². The number of likely N-dealkylation sites (tertiary alicyclic amines) is 1. The number of fused-ring (bicyclic) bond motifs is 1. The van der Waals surface area contributed by atoms with Gasteiger partial charge in [0.05, 0.1) is 6.54 Å². The van der Waals surface area contributed by atoms with Gasteiger partial charge in [-0.05, 0) is 42.0 Å². The van der Waals surface area contributed by atoms with E-state index in [9.17, 15) is 14.4 Å². The minimum Gasteiger partial charge on any atom is -0.472 e. The van der Waals surface area contributed by atoms with Crippen molar-refractivity contribution >= 4 is 28.7 Å². The Labute approximate surface area is 215 Å². The number of rotatable bonds is 6. The number of hydrogen-bond donors (Lipinski definition) is 2. The quantitative estimate of drug-likeness (QED) is 0.529. The molecule has 3 atom stereocenters. The molecule has 1 fully saturated rings. The molecule has 9 heteroatoms. The van der Waals surface area contributed by atoms with Crippen LogP contribution in [0.25, 0.3) is 10.8 Å². The van der Waals surface area contributed by atoms with Gasteiger partial charge in [0, 0.05) is 18.0 Å². The Morgan fingerprint density at radius 1 is 1.08 bits per heavy atom. The lowest BCUT2D eigenvalue weighted by molar-refractivity contribution is -0.141. The number of carbonyl (C=O) groups excluding carboxylic acids is 3. The minimum absolute atomic E-state index is 0.124. The van der Waals surface area contributed by atoms with E-state index < -0.39 is 41.5 Å². The fraction of sp³-hybridized carbons (Fsp3) is 0.357. The van der Waals surface area contributed by atoms with Crippen molar-refractivity contribution in [3.63, 3.8) is 0 Å². The number of nitrogens with zero attached hydrogens (tertiary/aromatic N) is 2. The van der Waals surface area contributed by atoms with E-state index in [0.29, 0.717) is 11.6 Å². The minimum atomic E-state index is -0.971. The van der Waals surface area contributed by atoms with Crippen molar-refractivity contribution in [1.82, 2.24) is 15.2 Å². The zero-order valence-electron chi connectivity index (χ0n) is 21.4. The van der Waals surface area contributed by atoms with Crippen molar-refractivity contribution in [3.05, 3.63) is 66.4 Å². The van der Waals surface area contributed by atoms with Crippen molar-refractivity contribution in [2.45, 2.75) is 52.3 Å². The van der Waals surface area contributed by atoms with E-state index in [1.807, 2.05) is 70.2 Å². The summed E-state index contributed by atoms with van der Waals surface area (Å²) in [7, 11) is 0. The number of nitrogens with one attached hydrogen (secondary N) is 1. The first-order chi connectivity index (χ1) is 17.5. The number of amides is 3. The van der Waals surface area contributed by atoms with Crippen LogP contribution in [-0.4, -0.2) is 52.5 Å². The van der Waals surface area contributed by atoms with Crippen molar-refractivity contribution < 1.29 is 23.9 Å². The number of pyridine rings is 1. The third-order valence-corrected chi connectivity index (χ3v) is 6.40. The van der Waals surface area contributed by atoms with Crippen LogP contribution in [-0.2, 0) is 9.59 Å². The van der Waals surface area contributed by atoms with Gasteiger partial charge in [0.1, 0.15) is 23.9 Å². The van der Waals surface area contributed by atoms with Crippen molar-refractivity contribution in [2.24, 2.45) is 11.1 Å². The lowest BCUT2D eigenvalue weighted by Gasteiger charge is -2.34. The third-order valence-electron chi connectivity index (χ3n) is 6.40. The predicted molar refractivity (Wildman–Crippen MR) is 139 cm³/mol. The van der Waals surface area contributed by atoms with Crippen molar-refractivity contribution in [1.29, 1.82) is 0 Å². The number of primary amides is 1. The standard InChI is InChI=1S/C28H32N4O5/c1-17-9-11-19(12-10-17)37-27(35)31-23(28(2,3)4)26(34)32-16-20(15-22(32)24(29)33)36-25-21-8-6-5-7-18(21)13-14-30-25/h5-14,20,22-23H,15-16H2,1-4H3,(H2,29,33)(H,31,35)/t20-,22+,23-/m1/s1. The molecule has 3 N–H and O–H groups in total. The zero-order valence-corrected chi connectivity index (χ0v) is 21.4. The van der Waals surface area contributed by atoms with Crippen LogP contribution in [0.3, 0.4) is 0 Å². The molecule has 3 amide bonds. The van der Waals surface area contributed by atoms with E-state index in [2.05, 4.69) is 10.3 Å². The van der Waals surface area contributed by atoms with E-state index in [1.165, 1.54) is 4.90 Å². The average molecular weight is 505 g/mol. The molecule has 0 saturated carbocycles. The summed E-state index contributed by atoms with van der Waals surface area (Å²) < 4.78 is 11.5. The number of carbonyl (C=O) groups is 3. The molecule has 1 aliphatic rings. The number of aryl methyl sites for hydroxylation is 1. The van der Waals surface area contributed by atoms with Gasteiger partial charge in [-0.2, -0.15) is 0 Å². The van der Waals surface area contributed by atoms with E-state index in [0.717, 1.165) is 16.3 Å². The SMILES string of the molecule is Cc1ccc(OC(=O)N[C@H](C(=O)N2C[C@H](Oc3nccc4ccccc34)C[C@H]2C(N)=O)C(C)(C)C)cc1. The Bertz CT molecular complexity index is 1300. The molecule has 37 heavy (non-hydrogen) atoms. The van der Waals surface area contributed by atoms with Crippen LogP contribution in [0.4, 0.5) is 4.79 Å². The molecule has 0 bridgehead atoms. The topological polar surface area (TPSA) is 124 Å². The summed E-state index contributed by atoms with van der Waals surface area (Å²) in [6.45, 7) is 7.52. The van der Waals surface area contributed by atoms with Crippen LogP contribution in [0.1, 0.15) is 32.8 Å². The first-order valence-corrected chi connectivity index (χ1v) is 12.2. The number of aromatic nitrogens is 1. The summed E-state index contributed by atoms with van der Waals surface area (Å²) in [6, 6.07) is 14.7. The second-order valence-corrected chi connectivity index (χ2v) is 10.4. The van der Waals surface area contributed by atoms with Crippen molar-refractivity contribution in [3.8, 4) is 11.6 Å². The molecule has 3 aromatic rings. The molecule has 2 heterocycles. The highest BCUT2D eigenvalue weighted by Crippen LogP contribution is 2.30. The highest BCUT2D eigenvalue weighted by atomic mass is 16.6. The molecule has 2 aromatic carbocycles. The van der Waals surface area contributed by atoms with Gasteiger partial charge >= 0.3 is 6.09 Å². The second-order valence-electron chi connectivity index (χ2n) is 10.4. The Morgan fingerprint density at radius 2 is 1.78 bits per heavy atom. The van der Waals surface area contributed by atoms with Crippen LogP contribution < -0.4 is 20.5 Å². The van der Waals surface area contributed by atoms with Crippen molar-refractivity contribution in [2.75, 3.05) is 6.54 Å². The van der Waals surface area contributed by atoms with Gasteiger partial charge in [0.25, 0.3) is 0 Å². The molecule has 1 aromatic heterocycles. The van der Waals surface area contributed by atoms with E-state index in [1.54, 1.807) is 18.3 Å². The van der Waals surface area contributed by atoms with Gasteiger partial charge in [-0.3, -0.25) is 9.59 Å². The molecule has 0 unspecified atom stereocenters. The van der Waals surface area contributed by atoms with Crippen LogP contribution in [0.5, 0.6) is 11.6 Å². The highest BCUT2D eigenvalue weighted by Gasteiger charge is 2.45. The maximum atomic E-state index is 13.7. The summed E-state index contributed by atoms with van der Waals surface area (Å²) in [5.41, 5.74) is 6.03. The molecular formula is C28H32N4O5. The first kappa shape index (κ1) is 25.9. The summed E-state index contributed by atoms with van der Waals surface area (Å²) >= 11 is 0. The molecule has 0 aliphatic carbocycles. The molecule has 0 radical (unpaired) electrons. The summed E-state index contributed by atoms with van der Waals surface area (Å²) in [6.07, 6.45) is 0.608. The molecule has 194 valence electrons. The summed E-state index contributed by atoms with van der Waals surface area (Å²) in [5, 5.41) is 4.49. The van der Waals surface area contributed by atoms with Crippen LogP contribution in [0.15, 0.2) is 60.8 Å². The van der Waals surface area contributed by atoms with E-state index >= 15 is 0 Å². The Balaban J connectivity index is 1.52. The summed E-state index contributed by atoms with van der Waals surface area (Å²) in [4.78, 5) is 44.5. The number of hydrogen-bond acceptors (Lipinski definition) is 6. The first-order valence-electron chi connectivity index (χ1n) is 12.2. The third kappa shape index (κ3) is 5.99. The lowest BCUT2D eigenvalue weighted by Crippen LogP contribution is -2.57. The molecule has 1 aliphatic heterocycles. The lowest BCUT2D eigenvalue weighted by atomic mass is 9.85. The average Bonchev–Trinajstić information content (AvgIpc) is 3.27. The Morgan fingerprint density at radius 3 is 2.46 bits per heavy atom. The fourth-order valence-electron chi connectivity index (χ4n) is 4.41. The summed E-state index contributed by atoms with van der Waals surface area (Å²) in [5.74, 6) is -0.294. The van der Waals surface area contributed by atoms with E-state index in [4.69, 9.17) is 15.2 Å². The van der Waals surface area contributed by atoms with Gasteiger partial charge in [0.15, 0.2) is 0 Å². The number of ether oxygens (including phenoxy) is 2. The second kappa shape index (κ2) is 10.5. The van der Waals surface area contributed by atoms with Crippen LogP contribution in [0.2, 0.25) is 0 Å². The van der Waals surface area contributed by atoms with Gasteiger partial charge < -0.3 is 25.4 Å². The Kier molecular flexibility index (Phi) is 7.33. The monoisotopic (exact) mass is 504 g/mol. The fourth-order valence-corrected chi connectivity index (χ4v) is 4.41. The number of nitrogens with two attached hydrogens (primary N) is 1. The number of benzene rings is 2. The molecule has 9 nitrogen and oxygen atoms in total.